The molecule has 0 saturated carbocycles. The standard InChI is InChI=1S/C12H11BrN4O3/c1-2-20-12-10(17(18)19)11(14-7-15-12)16-9-5-3-4-8(13)6-9/h3-7H,2H2,1H3,(H,14,15,16). The second-order valence-electron chi connectivity index (χ2n) is 3.70. The van der Waals surface area contributed by atoms with Gasteiger partial charge in [0.05, 0.1) is 11.5 Å². The summed E-state index contributed by atoms with van der Waals surface area (Å²) in [6.45, 7) is 2.02. The maximum Gasteiger partial charge on any atom is 0.373 e. The van der Waals surface area contributed by atoms with Gasteiger partial charge in [-0.2, -0.15) is 4.98 Å². The summed E-state index contributed by atoms with van der Waals surface area (Å²) in [5, 5.41) is 14.1. The van der Waals surface area contributed by atoms with Gasteiger partial charge in [-0.15, -0.1) is 0 Å². The topological polar surface area (TPSA) is 90.2 Å². The van der Waals surface area contributed by atoms with Gasteiger partial charge in [0.15, 0.2) is 0 Å². The van der Waals surface area contributed by atoms with Crippen molar-refractivity contribution >= 4 is 33.1 Å². The first kappa shape index (κ1) is 14.2. The van der Waals surface area contributed by atoms with E-state index in [2.05, 4.69) is 31.2 Å². The zero-order valence-corrected chi connectivity index (χ0v) is 12.1. The van der Waals surface area contributed by atoms with Gasteiger partial charge in [-0.3, -0.25) is 10.1 Å². The summed E-state index contributed by atoms with van der Waals surface area (Å²) < 4.78 is 6.01. The highest BCUT2D eigenvalue weighted by Gasteiger charge is 2.24. The Morgan fingerprint density at radius 2 is 2.25 bits per heavy atom. The van der Waals surface area contributed by atoms with E-state index in [1.54, 1.807) is 19.1 Å². The summed E-state index contributed by atoms with van der Waals surface area (Å²) in [4.78, 5) is 18.3. The van der Waals surface area contributed by atoms with Crippen LogP contribution in [0, 0.1) is 10.1 Å². The number of nitrogens with one attached hydrogen (secondary N) is 1. The molecule has 2 rings (SSSR count). The molecule has 104 valence electrons. The number of ether oxygens (including phenoxy) is 1. The molecule has 0 unspecified atom stereocenters. The number of hydrogen-bond acceptors (Lipinski definition) is 6. The molecule has 1 N–H and O–H groups in total. The molecule has 7 nitrogen and oxygen atoms in total. The number of aromatic nitrogens is 2. The Morgan fingerprint density at radius 1 is 1.45 bits per heavy atom. The molecular weight excluding hydrogens is 328 g/mol. The van der Waals surface area contributed by atoms with E-state index in [-0.39, 0.29) is 24.0 Å². The first-order chi connectivity index (χ1) is 9.61. The summed E-state index contributed by atoms with van der Waals surface area (Å²) in [7, 11) is 0. The van der Waals surface area contributed by atoms with Crippen LogP contribution in [0.5, 0.6) is 5.88 Å². The molecular formula is C12H11BrN4O3. The highest BCUT2D eigenvalue weighted by atomic mass is 79.9. The molecule has 0 aliphatic heterocycles. The van der Waals surface area contributed by atoms with Crippen LogP contribution in [0.2, 0.25) is 0 Å². The Morgan fingerprint density at radius 3 is 2.90 bits per heavy atom. The van der Waals surface area contributed by atoms with Crippen LogP contribution in [0.25, 0.3) is 0 Å². The van der Waals surface area contributed by atoms with Crippen molar-refractivity contribution < 1.29 is 9.66 Å². The fourth-order valence-corrected chi connectivity index (χ4v) is 1.96. The fourth-order valence-electron chi connectivity index (χ4n) is 1.56. The quantitative estimate of drug-likeness (QED) is 0.664. The molecule has 8 heteroatoms. The predicted molar refractivity (Wildman–Crippen MR) is 77.3 cm³/mol. The van der Waals surface area contributed by atoms with Crippen LogP contribution in [0.3, 0.4) is 0 Å². The van der Waals surface area contributed by atoms with E-state index in [4.69, 9.17) is 4.74 Å². The monoisotopic (exact) mass is 338 g/mol. The maximum atomic E-state index is 11.2. The van der Waals surface area contributed by atoms with Gasteiger partial charge in [-0.05, 0) is 25.1 Å². The van der Waals surface area contributed by atoms with Crippen LogP contribution in [0.1, 0.15) is 6.92 Å². The highest BCUT2D eigenvalue weighted by molar-refractivity contribution is 9.10. The van der Waals surface area contributed by atoms with Crippen LogP contribution >= 0.6 is 15.9 Å². The molecule has 0 aliphatic rings. The van der Waals surface area contributed by atoms with Gasteiger partial charge < -0.3 is 10.1 Å². The largest absolute Gasteiger partial charge is 0.473 e. The third kappa shape index (κ3) is 3.21. The smallest absolute Gasteiger partial charge is 0.373 e. The van der Waals surface area contributed by atoms with Gasteiger partial charge in [0.2, 0.25) is 5.82 Å². The molecule has 1 heterocycles. The van der Waals surface area contributed by atoms with Crippen molar-refractivity contribution in [3.63, 3.8) is 0 Å². The van der Waals surface area contributed by atoms with Crippen LogP contribution in [-0.4, -0.2) is 21.5 Å². The van der Waals surface area contributed by atoms with Crippen molar-refractivity contribution in [2.45, 2.75) is 6.92 Å². The molecule has 0 saturated heterocycles. The molecule has 1 aromatic carbocycles. The SMILES string of the molecule is CCOc1ncnc(Nc2cccc(Br)c2)c1[N+](=O)[O-]. The van der Waals surface area contributed by atoms with Crippen molar-refractivity contribution in [3.05, 3.63) is 45.2 Å². The summed E-state index contributed by atoms with van der Waals surface area (Å²) in [5.74, 6) is 0.0385. The van der Waals surface area contributed by atoms with Crippen LogP contribution in [0.15, 0.2) is 35.1 Å². The number of nitrogens with zero attached hydrogens (tertiary/aromatic N) is 3. The van der Waals surface area contributed by atoms with Crippen LogP contribution in [0.4, 0.5) is 17.2 Å². The number of nitro groups is 1. The minimum atomic E-state index is -0.564. The van der Waals surface area contributed by atoms with Crippen LogP contribution in [-0.2, 0) is 0 Å². The lowest BCUT2D eigenvalue weighted by Gasteiger charge is -2.08. The van der Waals surface area contributed by atoms with Crippen LogP contribution < -0.4 is 10.1 Å². The zero-order chi connectivity index (χ0) is 14.5. The molecule has 0 bridgehead atoms. The molecule has 0 spiro atoms. The Bertz CT molecular complexity index is 636. The molecule has 0 fully saturated rings. The lowest BCUT2D eigenvalue weighted by molar-refractivity contribution is -0.385. The summed E-state index contributed by atoms with van der Waals surface area (Å²) >= 11 is 3.33. The number of hydrogen-bond donors (Lipinski definition) is 1. The maximum absolute atomic E-state index is 11.2. The Hall–Kier alpha value is -2.22. The summed E-state index contributed by atoms with van der Waals surface area (Å²) in [6.07, 6.45) is 1.22. The minimum Gasteiger partial charge on any atom is -0.473 e. The molecule has 2 aromatic rings. The number of benzene rings is 1. The number of anilines is 2. The first-order valence-electron chi connectivity index (χ1n) is 5.76. The van der Waals surface area contributed by atoms with Crippen molar-refractivity contribution in [1.82, 2.24) is 9.97 Å². The highest BCUT2D eigenvalue weighted by Crippen LogP contribution is 2.33. The molecule has 0 radical (unpaired) electrons. The van der Waals surface area contributed by atoms with Gasteiger partial charge in [0, 0.05) is 10.2 Å². The van der Waals surface area contributed by atoms with Gasteiger partial charge >= 0.3 is 5.69 Å². The lowest BCUT2D eigenvalue weighted by atomic mass is 10.3. The predicted octanol–water partition coefficient (Wildman–Crippen LogP) is 3.29. The van der Waals surface area contributed by atoms with Gasteiger partial charge in [-0.1, -0.05) is 22.0 Å². The Labute approximate surface area is 123 Å². The van der Waals surface area contributed by atoms with Gasteiger partial charge in [0.25, 0.3) is 5.88 Å². The van der Waals surface area contributed by atoms with Crippen molar-refractivity contribution in [2.75, 3.05) is 11.9 Å². The van der Waals surface area contributed by atoms with Gasteiger partial charge in [-0.25, -0.2) is 4.98 Å². The molecule has 0 amide bonds. The zero-order valence-electron chi connectivity index (χ0n) is 10.5. The Kier molecular flexibility index (Phi) is 4.46. The summed E-state index contributed by atoms with van der Waals surface area (Å²) in [5.41, 5.74) is 0.387. The molecule has 20 heavy (non-hydrogen) atoms. The average Bonchev–Trinajstić information content (AvgIpc) is 2.39. The van der Waals surface area contributed by atoms with Crippen molar-refractivity contribution in [2.24, 2.45) is 0 Å². The van der Waals surface area contributed by atoms with E-state index in [1.807, 2.05) is 12.1 Å². The van der Waals surface area contributed by atoms with E-state index < -0.39 is 4.92 Å². The molecule has 1 aromatic heterocycles. The van der Waals surface area contributed by atoms with E-state index >= 15 is 0 Å². The minimum absolute atomic E-state index is 0.0509. The second kappa shape index (κ2) is 6.29. The van der Waals surface area contributed by atoms with E-state index in [0.29, 0.717) is 5.69 Å². The Balaban J connectivity index is 2.40. The van der Waals surface area contributed by atoms with Crippen molar-refractivity contribution in [1.29, 1.82) is 0 Å². The van der Waals surface area contributed by atoms with Crippen molar-refractivity contribution in [3.8, 4) is 5.88 Å². The molecule has 0 atom stereocenters. The van der Waals surface area contributed by atoms with Gasteiger partial charge in [0.1, 0.15) is 6.33 Å². The third-order valence-corrected chi connectivity index (χ3v) is 2.83. The third-order valence-electron chi connectivity index (χ3n) is 2.34. The first-order valence-corrected chi connectivity index (χ1v) is 6.56. The average molecular weight is 339 g/mol. The fraction of sp³-hybridized carbons (Fsp3) is 0.167. The lowest BCUT2D eigenvalue weighted by Crippen LogP contribution is -2.05. The second-order valence-corrected chi connectivity index (χ2v) is 4.62. The van der Waals surface area contributed by atoms with E-state index in [0.717, 1.165) is 4.47 Å². The summed E-state index contributed by atoms with van der Waals surface area (Å²) in [6, 6.07) is 7.22. The number of rotatable bonds is 5. The van der Waals surface area contributed by atoms with E-state index in [9.17, 15) is 10.1 Å². The van der Waals surface area contributed by atoms with E-state index in [1.165, 1.54) is 6.33 Å². The molecule has 0 aliphatic carbocycles. The normalized spacial score (nSPS) is 10.1. The number of halogens is 1.